The average molecular weight is 953 g/mol. The number of nitrogens with one attached hydrogen (secondary N) is 2. The SMILES string of the molecule is Cc1sc2c(c1C)C(c1ccc(Cl)cc1)=N[C@@H](CC(=O)Nc1ccc(OCCOCCOCCOCCOCCNc3ccc(-c4ccc5c(c4)CC(=O)C5)cn3)cc1)c1nnc(C)n1-2.S. The number of hydrogen-bond acceptors (Lipinski definition) is 13. The highest BCUT2D eigenvalue weighted by molar-refractivity contribution is 7.59. The first-order valence-corrected chi connectivity index (χ1v) is 22.9. The lowest BCUT2D eigenvalue weighted by Crippen LogP contribution is -2.17. The molecule has 14 nitrogen and oxygen atoms in total. The van der Waals surface area contributed by atoms with Gasteiger partial charge < -0.3 is 34.3 Å². The van der Waals surface area contributed by atoms with E-state index < -0.39 is 6.04 Å². The van der Waals surface area contributed by atoms with Gasteiger partial charge in [-0.1, -0.05) is 41.9 Å². The summed E-state index contributed by atoms with van der Waals surface area (Å²) in [4.78, 5) is 36.1. The third kappa shape index (κ3) is 12.3. The molecule has 3 aromatic carbocycles. The molecule has 1 aliphatic carbocycles. The molecule has 346 valence electrons. The van der Waals surface area contributed by atoms with E-state index in [9.17, 15) is 9.59 Å². The van der Waals surface area contributed by atoms with E-state index in [1.807, 2.05) is 72.3 Å². The number of ether oxygens (including phenoxy) is 5. The van der Waals surface area contributed by atoms with E-state index in [1.165, 1.54) is 4.88 Å². The summed E-state index contributed by atoms with van der Waals surface area (Å²) < 4.78 is 30.4. The summed E-state index contributed by atoms with van der Waals surface area (Å²) in [5, 5.41) is 16.8. The summed E-state index contributed by atoms with van der Waals surface area (Å²) in [5.41, 5.74) is 8.85. The lowest BCUT2D eigenvalue weighted by Gasteiger charge is -2.13. The zero-order valence-electron chi connectivity index (χ0n) is 37.2. The van der Waals surface area contributed by atoms with Crippen molar-refractivity contribution in [3.05, 3.63) is 134 Å². The van der Waals surface area contributed by atoms with Gasteiger partial charge in [0.25, 0.3) is 0 Å². The lowest BCUT2D eigenvalue weighted by molar-refractivity contribution is -0.117. The van der Waals surface area contributed by atoms with Crippen LogP contribution in [0.1, 0.15) is 56.8 Å². The van der Waals surface area contributed by atoms with Crippen LogP contribution in [0.2, 0.25) is 5.02 Å². The predicted molar refractivity (Wildman–Crippen MR) is 263 cm³/mol. The molecule has 0 saturated carbocycles. The molecule has 0 unspecified atom stereocenters. The van der Waals surface area contributed by atoms with Crippen molar-refractivity contribution in [2.75, 3.05) is 76.6 Å². The number of fused-ring (bicyclic) bond motifs is 4. The summed E-state index contributed by atoms with van der Waals surface area (Å²) in [7, 11) is 0. The third-order valence-corrected chi connectivity index (χ3v) is 12.6. The number of benzene rings is 3. The number of aryl methyl sites for hydroxylation is 2. The monoisotopic (exact) mass is 951 g/mol. The maximum atomic E-state index is 13.5. The highest BCUT2D eigenvalue weighted by Gasteiger charge is 2.32. The Kier molecular flexibility index (Phi) is 17.1. The fourth-order valence-corrected chi connectivity index (χ4v) is 9.03. The Morgan fingerprint density at radius 3 is 2.12 bits per heavy atom. The minimum absolute atomic E-state index is 0. The van der Waals surface area contributed by atoms with Crippen molar-refractivity contribution in [2.45, 2.75) is 46.1 Å². The van der Waals surface area contributed by atoms with Crippen LogP contribution in [-0.4, -0.2) is 103 Å². The highest BCUT2D eigenvalue weighted by Crippen LogP contribution is 2.40. The molecule has 6 aromatic rings. The normalized spacial score (nSPS) is 13.8. The van der Waals surface area contributed by atoms with Crippen molar-refractivity contribution in [3.63, 3.8) is 0 Å². The fourth-order valence-electron chi connectivity index (χ4n) is 7.69. The van der Waals surface area contributed by atoms with Gasteiger partial charge in [-0.15, -0.1) is 21.5 Å². The fraction of sp³-hybridized carbons (Fsp3) is 0.347. The molecule has 1 amide bonds. The summed E-state index contributed by atoms with van der Waals surface area (Å²) in [5.74, 6) is 2.88. The largest absolute Gasteiger partial charge is 0.491 e. The number of thiophene rings is 1. The number of aliphatic imine (C=N–C) groups is 1. The number of hydrogen-bond donors (Lipinski definition) is 2. The van der Waals surface area contributed by atoms with E-state index in [-0.39, 0.29) is 31.6 Å². The van der Waals surface area contributed by atoms with Gasteiger partial charge in [-0.05, 0) is 91.6 Å². The van der Waals surface area contributed by atoms with Gasteiger partial charge in [0, 0.05) is 57.9 Å². The molecule has 4 heterocycles. The molecule has 0 spiro atoms. The molecule has 1 aliphatic heterocycles. The zero-order chi connectivity index (χ0) is 45.1. The maximum Gasteiger partial charge on any atom is 0.227 e. The summed E-state index contributed by atoms with van der Waals surface area (Å²) in [6, 6.07) is 24.5. The second kappa shape index (κ2) is 23.3. The van der Waals surface area contributed by atoms with Crippen molar-refractivity contribution >= 4 is 65.3 Å². The van der Waals surface area contributed by atoms with Crippen molar-refractivity contribution in [1.29, 1.82) is 0 Å². The van der Waals surface area contributed by atoms with Gasteiger partial charge in [0.1, 0.15) is 40.8 Å². The predicted octanol–water partition coefficient (Wildman–Crippen LogP) is 8.23. The minimum atomic E-state index is -0.569. The molecule has 2 aliphatic rings. The van der Waals surface area contributed by atoms with Crippen LogP contribution in [0.4, 0.5) is 11.5 Å². The Morgan fingerprint density at radius 1 is 0.773 bits per heavy atom. The Labute approximate surface area is 400 Å². The molecule has 3 aromatic heterocycles. The minimum Gasteiger partial charge on any atom is -0.491 e. The molecule has 0 radical (unpaired) electrons. The van der Waals surface area contributed by atoms with Crippen molar-refractivity contribution < 1.29 is 33.3 Å². The average Bonchev–Trinajstić information content (AvgIpc) is 3.95. The van der Waals surface area contributed by atoms with E-state index in [4.69, 9.17) is 40.3 Å². The van der Waals surface area contributed by atoms with Gasteiger partial charge in [-0.3, -0.25) is 19.1 Å². The van der Waals surface area contributed by atoms with Crippen molar-refractivity contribution in [3.8, 4) is 21.9 Å². The number of Topliss-reactive ketones (excluding diaryl/α,β-unsaturated/α-hetero) is 1. The molecular formula is C49H54ClN7O7S2. The topological polar surface area (TPSA) is 160 Å². The van der Waals surface area contributed by atoms with Crippen molar-refractivity contribution in [2.24, 2.45) is 4.99 Å². The number of aromatic nitrogens is 4. The molecule has 8 rings (SSSR count). The standard InChI is InChI=1S/C49H52ClN7O7S.H2S/c1-31-32(2)65-49-46(31)47(34-6-9-39(50)10-7-34)54-43(48-56-55-33(3)57(48)49)29-45(59)53-40-11-13-42(14-12-40)64-25-24-63-23-22-62-21-20-61-19-18-60-17-16-51-44-15-8-37(30-52-44)35-4-5-36-27-41(58)28-38(36)26-35;/h4-15,26,30,43H,16-25,27-29H2,1-3H3,(H,51,52)(H,53,59);1H2/t43-;/m0./s1. The van der Waals surface area contributed by atoms with Crippen LogP contribution < -0.4 is 15.4 Å². The summed E-state index contributed by atoms with van der Waals surface area (Å²) >= 11 is 7.91. The van der Waals surface area contributed by atoms with Gasteiger partial charge in [0.2, 0.25) is 5.91 Å². The molecule has 0 saturated heterocycles. The zero-order valence-corrected chi connectivity index (χ0v) is 39.8. The van der Waals surface area contributed by atoms with Gasteiger partial charge in [-0.2, -0.15) is 13.5 Å². The highest BCUT2D eigenvalue weighted by atomic mass is 35.5. The molecule has 0 bridgehead atoms. The molecule has 0 fully saturated rings. The van der Waals surface area contributed by atoms with Crippen LogP contribution in [0, 0.1) is 20.8 Å². The number of carbonyl (C=O) groups is 2. The Hall–Kier alpha value is -5.46. The number of nitrogens with zero attached hydrogens (tertiary/aromatic N) is 5. The molecule has 66 heavy (non-hydrogen) atoms. The maximum absolute atomic E-state index is 13.5. The number of anilines is 2. The molecule has 1 atom stereocenters. The van der Waals surface area contributed by atoms with Gasteiger partial charge in [0.15, 0.2) is 5.82 Å². The summed E-state index contributed by atoms with van der Waals surface area (Å²) in [6.07, 6.45) is 2.98. The first-order valence-electron chi connectivity index (χ1n) is 21.7. The van der Waals surface area contributed by atoms with E-state index in [2.05, 4.69) is 51.8 Å². The second-order valence-corrected chi connectivity index (χ2v) is 17.4. The van der Waals surface area contributed by atoms with Crippen LogP contribution in [-0.2, 0) is 41.4 Å². The Morgan fingerprint density at radius 2 is 1.42 bits per heavy atom. The Balaban J connectivity index is 0.00000648. The van der Waals surface area contributed by atoms with E-state index >= 15 is 0 Å². The first-order chi connectivity index (χ1) is 31.7. The number of carbonyl (C=O) groups excluding carboxylic acids is 2. The summed E-state index contributed by atoms with van der Waals surface area (Å²) in [6.45, 7) is 10.8. The number of rotatable bonds is 22. The van der Waals surface area contributed by atoms with Crippen LogP contribution in [0.15, 0.2) is 90.1 Å². The molecule has 17 heteroatoms. The second-order valence-electron chi connectivity index (χ2n) is 15.7. The van der Waals surface area contributed by atoms with Crippen LogP contribution in [0.5, 0.6) is 5.75 Å². The van der Waals surface area contributed by atoms with Gasteiger partial charge in [0.05, 0.1) is 65.0 Å². The van der Waals surface area contributed by atoms with Crippen LogP contribution in [0.25, 0.3) is 16.1 Å². The molecule has 2 N–H and O–H groups in total. The smallest absolute Gasteiger partial charge is 0.227 e. The van der Waals surface area contributed by atoms with E-state index in [1.54, 1.807) is 23.5 Å². The number of amides is 1. The Bertz CT molecular complexity index is 2620. The van der Waals surface area contributed by atoms with Crippen LogP contribution in [0.3, 0.4) is 0 Å². The van der Waals surface area contributed by atoms with Crippen molar-refractivity contribution in [1.82, 2.24) is 19.7 Å². The lowest BCUT2D eigenvalue weighted by atomic mass is 9.99. The van der Waals surface area contributed by atoms with Crippen LogP contribution >= 0.6 is 36.4 Å². The van der Waals surface area contributed by atoms with E-state index in [0.29, 0.717) is 101 Å². The number of pyridine rings is 1. The third-order valence-electron chi connectivity index (χ3n) is 11.1. The van der Waals surface area contributed by atoms with E-state index in [0.717, 1.165) is 61.3 Å². The number of ketones is 1. The first kappa shape index (κ1) is 48.5. The molecular weight excluding hydrogens is 898 g/mol. The van der Waals surface area contributed by atoms with Gasteiger partial charge >= 0.3 is 0 Å². The number of halogens is 1. The quantitative estimate of drug-likeness (QED) is 0.0632. The van der Waals surface area contributed by atoms with Gasteiger partial charge in [-0.25, -0.2) is 4.98 Å².